The molecule has 3 nitrogen and oxygen atoms in total. The summed E-state index contributed by atoms with van der Waals surface area (Å²) in [5.74, 6) is 0. The number of nitrogens with zero attached hydrogens (tertiary/aromatic N) is 1. The zero-order valence-corrected chi connectivity index (χ0v) is 8.38. The van der Waals surface area contributed by atoms with Gasteiger partial charge in [0.25, 0.3) is 0 Å². The largest absolute Gasteiger partial charge is 0.453 e. The Hall–Kier alpha value is -0.730. The summed E-state index contributed by atoms with van der Waals surface area (Å²) < 4.78 is 4.77. The zero-order chi connectivity index (χ0) is 9.47. The third kappa shape index (κ3) is 1.21. The molecule has 0 unspecified atom stereocenters. The minimum atomic E-state index is -0.143. The number of carbonyl (C=O) groups excluding carboxylic acids is 1. The van der Waals surface area contributed by atoms with Crippen molar-refractivity contribution < 1.29 is 9.53 Å². The lowest BCUT2D eigenvalue weighted by atomic mass is 9.85. The lowest BCUT2D eigenvalue weighted by molar-refractivity contribution is 0.110. The summed E-state index contributed by atoms with van der Waals surface area (Å²) in [4.78, 5) is 13.3. The van der Waals surface area contributed by atoms with Gasteiger partial charge in [0.05, 0.1) is 7.11 Å². The van der Waals surface area contributed by atoms with Gasteiger partial charge in [0.1, 0.15) is 0 Å². The Bertz CT molecular complexity index is 229. The van der Waals surface area contributed by atoms with E-state index in [-0.39, 0.29) is 6.09 Å². The van der Waals surface area contributed by atoms with E-state index in [2.05, 4.69) is 6.92 Å². The van der Waals surface area contributed by atoms with Gasteiger partial charge in [-0.05, 0) is 24.7 Å². The second kappa shape index (κ2) is 2.89. The molecule has 0 bridgehead atoms. The Morgan fingerprint density at radius 1 is 1.54 bits per heavy atom. The molecule has 0 spiro atoms. The molecular formula is C10H17NO2. The molecule has 2 fully saturated rings. The van der Waals surface area contributed by atoms with Crippen LogP contribution < -0.4 is 0 Å². The summed E-state index contributed by atoms with van der Waals surface area (Å²) in [5.41, 5.74) is 0.383. The van der Waals surface area contributed by atoms with E-state index in [9.17, 15) is 4.79 Å². The molecule has 0 N–H and O–H groups in total. The van der Waals surface area contributed by atoms with E-state index >= 15 is 0 Å². The zero-order valence-electron chi connectivity index (χ0n) is 8.38. The summed E-state index contributed by atoms with van der Waals surface area (Å²) in [7, 11) is 1.47. The van der Waals surface area contributed by atoms with Gasteiger partial charge >= 0.3 is 6.09 Å². The average molecular weight is 183 g/mol. The van der Waals surface area contributed by atoms with Gasteiger partial charge in [-0.2, -0.15) is 0 Å². The minimum Gasteiger partial charge on any atom is -0.453 e. The van der Waals surface area contributed by atoms with E-state index in [1.54, 1.807) is 0 Å². The van der Waals surface area contributed by atoms with E-state index < -0.39 is 0 Å². The number of fused-ring (bicyclic) bond motifs is 1. The van der Waals surface area contributed by atoms with E-state index in [4.69, 9.17) is 4.74 Å². The normalized spacial score (nSPS) is 37.7. The molecule has 0 aromatic carbocycles. The number of likely N-dealkylation sites (tertiary alicyclic amines) is 1. The van der Waals surface area contributed by atoms with Gasteiger partial charge in [-0.15, -0.1) is 0 Å². The minimum absolute atomic E-state index is 0.143. The van der Waals surface area contributed by atoms with Crippen molar-refractivity contribution in [3.8, 4) is 0 Å². The molecule has 1 heterocycles. The molecule has 13 heavy (non-hydrogen) atoms. The van der Waals surface area contributed by atoms with Crippen LogP contribution in [0.4, 0.5) is 4.79 Å². The SMILES string of the molecule is COC(=O)N1CC[C@@]2(C)CCC[C@@H]12. The van der Waals surface area contributed by atoms with Gasteiger partial charge in [0.2, 0.25) is 0 Å². The Morgan fingerprint density at radius 3 is 3.00 bits per heavy atom. The molecule has 74 valence electrons. The van der Waals surface area contributed by atoms with Gasteiger partial charge in [-0.1, -0.05) is 13.3 Å². The van der Waals surface area contributed by atoms with E-state index in [0.717, 1.165) is 19.4 Å². The standard InChI is InChI=1S/C10H17NO2/c1-10-5-3-4-8(10)11(7-6-10)9(12)13-2/h8H,3-7H2,1-2H3/t8-,10-/m1/s1. The van der Waals surface area contributed by atoms with E-state index in [0.29, 0.717) is 11.5 Å². The first-order chi connectivity index (χ1) is 6.17. The van der Waals surface area contributed by atoms with E-state index in [1.165, 1.54) is 20.0 Å². The van der Waals surface area contributed by atoms with Crippen LogP contribution in [0.3, 0.4) is 0 Å². The molecule has 0 radical (unpaired) electrons. The number of hydrogen-bond donors (Lipinski definition) is 0. The maximum absolute atomic E-state index is 11.4. The Labute approximate surface area is 79.0 Å². The predicted molar refractivity (Wildman–Crippen MR) is 49.5 cm³/mol. The highest BCUT2D eigenvalue weighted by atomic mass is 16.5. The van der Waals surface area contributed by atoms with Crippen molar-refractivity contribution in [3.63, 3.8) is 0 Å². The van der Waals surface area contributed by atoms with Crippen molar-refractivity contribution in [3.05, 3.63) is 0 Å². The number of methoxy groups -OCH3 is 1. The van der Waals surface area contributed by atoms with Crippen molar-refractivity contribution in [2.24, 2.45) is 5.41 Å². The van der Waals surface area contributed by atoms with Crippen LogP contribution in [0.5, 0.6) is 0 Å². The smallest absolute Gasteiger partial charge is 0.409 e. The second-order valence-electron chi connectivity index (χ2n) is 4.48. The summed E-state index contributed by atoms with van der Waals surface area (Å²) in [6, 6.07) is 0.444. The molecule has 1 aliphatic carbocycles. The number of carbonyl (C=O) groups is 1. The van der Waals surface area contributed by atoms with Crippen LogP contribution in [0, 0.1) is 5.41 Å². The molecule has 1 aliphatic heterocycles. The molecule has 2 aliphatic rings. The summed E-state index contributed by atoms with van der Waals surface area (Å²) in [6.07, 6.45) is 4.69. The van der Waals surface area contributed by atoms with Gasteiger partial charge in [-0.25, -0.2) is 4.79 Å². The van der Waals surface area contributed by atoms with Crippen LogP contribution >= 0.6 is 0 Å². The Kier molecular flexibility index (Phi) is 1.97. The summed E-state index contributed by atoms with van der Waals surface area (Å²) >= 11 is 0. The van der Waals surface area contributed by atoms with Gasteiger partial charge < -0.3 is 9.64 Å². The fraction of sp³-hybridized carbons (Fsp3) is 0.900. The lowest BCUT2D eigenvalue weighted by Crippen LogP contribution is -2.38. The molecule has 0 aromatic heterocycles. The lowest BCUT2D eigenvalue weighted by Gasteiger charge is -2.27. The van der Waals surface area contributed by atoms with Crippen LogP contribution in [-0.4, -0.2) is 30.7 Å². The monoisotopic (exact) mass is 183 g/mol. The molecule has 2 rings (SSSR count). The first-order valence-electron chi connectivity index (χ1n) is 5.02. The van der Waals surface area contributed by atoms with Crippen LogP contribution in [0.2, 0.25) is 0 Å². The maximum atomic E-state index is 11.4. The van der Waals surface area contributed by atoms with Crippen molar-refractivity contribution in [2.45, 2.75) is 38.6 Å². The van der Waals surface area contributed by atoms with Gasteiger partial charge in [0, 0.05) is 12.6 Å². The molecule has 0 aromatic rings. The van der Waals surface area contributed by atoms with Crippen molar-refractivity contribution in [1.82, 2.24) is 4.90 Å². The van der Waals surface area contributed by atoms with Crippen LogP contribution in [0.1, 0.15) is 32.6 Å². The topological polar surface area (TPSA) is 29.5 Å². The third-order valence-corrected chi connectivity index (χ3v) is 3.74. The first kappa shape index (κ1) is 8.85. The molecule has 1 saturated carbocycles. The maximum Gasteiger partial charge on any atom is 0.409 e. The molecule has 2 atom stereocenters. The van der Waals surface area contributed by atoms with Crippen molar-refractivity contribution in [1.29, 1.82) is 0 Å². The molecule has 3 heteroatoms. The fourth-order valence-corrected chi connectivity index (χ4v) is 2.91. The Balaban J connectivity index is 2.13. The van der Waals surface area contributed by atoms with E-state index in [1.807, 2.05) is 4.90 Å². The molecule has 1 amide bonds. The Morgan fingerprint density at radius 2 is 2.31 bits per heavy atom. The highest BCUT2D eigenvalue weighted by molar-refractivity contribution is 5.68. The first-order valence-corrected chi connectivity index (χ1v) is 5.02. The van der Waals surface area contributed by atoms with Crippen molar-refractivity contribution >= 4 is 6.09 Å². The third-order valence-electron chi connectivity index (χ3n) is 3.74. The highest BCUT2D eigenvalue weighted by Gasteiger charge is 2.48. The number of ether oxygens (including phenoxy) is 1. The van der Waals surface area contributed by atoms with Crippen LogP contribution in [0.15, 0.2) is 0 Å². The number of rotatable bonds is 0. The van der Waals surface area contributed by atoms with Crippen LogP contribution in [-0.2, 0) is 4.74 Å². The highest BCUT2D eigenvalue weighted by Crippen LogP contribution is 2.48. The van der Waals surface area contributed by atoms with Gasteiger partial charge in [0.15, 0.2) is 0 Å². The summed E-state index contributed by atoms with van der Waals surface area (Å²) in [5, 5.41) is 0. The summed E-state index contributed by atoms with van der Waals surface area (Å²) in [6.45, 7) is 3.18. The number of amides is 1. The quantitative estimate of drug-likeness (QED) is 0.575. The number of hydrogen-bond acceptors (Lipinski definition) is 2. The van der Waals surface area contributed by atoms with Gasteiger partial charge in [-0.3, -0.25) is 0 Å². The second-order valence-corrected chi connectivity index (χ2v) is 4.48. The van der Waals surface area contributed by atoms with Crippen LogP contribution in [0.25, 0.3) is 0 Å². The average Bonchev–Trinajstić information content (AvgIpc) is 2.60. The molecular weight excluding hydrogens is 166 g/mol. The fourth-order valence-electron chi connectivity index (χ4n) is 2.91. The van der Waals surface area contributed by atoms with Crippen molar-refractivity contribution in [2.75, 3.05) is 13.7 Å². The molecule has 1 saturated heterocycles. The predicted octanol–water partition coefficient (Wildman–Crippen LogP) is 2.02.